The summed E-state index contributed by atoms with van der Waals surface area (Å²) in [5, 5.41) is 11.7. The van der Waals surface area contributed by atoms with Gasteiger partial charge in [-0.25, -0.2) is 4.79 Å². The van der Waals surface area contributed by atoms with E-state index in [1.165, 1.54) is 6.42 Å². The highest BCUT2D eigenvalue weighted by molar-refractivity contribution is 5.84. The Morgan fingerprint density at radius 3 is 2.25 bits per heavy atom. The van der Waals surface area contributed by atoms with E-state index in [1.807, 2.05) is 20.8 Å². The fraction of sp³-hybridized carbons (Fsp3) is 0.833. The van der Waals surface area contributed by atoms with Gasteiger partial charge in [0.1, 0.15) is 6.04 Å². The predicted octanol–water partition coefficient (Wildman–Crippen LogP) is 1.79. The molecule has 16 heavy (non-hydrogen) atoms. The minimum atomic E-state index is -0.963. The van der Waals surface area contributed by atoms with Crippen LogP contribution >= 0.6 is 0 Å². The zero-order valence-corrected chi connectivity index (χ0v) is 10.2. The SMILES string of the molecule is CC(C)(C)[C@@H](NC(=O)CC1CCC1)C(=O)O. The van der Waals surface area contributed by atoms with Crippen LogP contribution in [0.5, 0.6) is 0 Å². The Hall–Kier alpha value is -1.06. The second kappa shape index (κ2) is 4.85. The molecule has 0 bridgehead atoms. The second-order valence-corrected chi connectivity index (χ2v) is 5.71. The summed E-state index contributed by atoms with van der Waals surface area (Å²) in [7, 11) is 0. The minimum absolute atomic E-state index is 0.132. The van der Waals surface area contributed by atoms with Crippen molar-refractivity contribution in [2.45, 2.75) is 52.5 Å². The number of hydrogen-bond acceptors (Lipinski definition) is 2. The van der Waals surface area contributed by atoms with Gasteiger partial charge in [0.25, 0.3) is 0 Å². The van der Waals surface area contributed by atoms with Crippen LogP contribution in [0.15, 0.2) is 0 Å². The first-order valence-electron chi connectivity index (χ1n) is 5.83. The number of aliphatic carboxylic acids is 1. The maximum atomic E-state index is 11.6. The Bertz CT molecular complexity index is 276. The van der Waals surface area contributed by atoms with Crippen molar-refractivity contribution in [2.75, 3.05) is 0 Å². The number of rotatable bonds is 4. The van der Waals surface area contributed by atoms with Crippen molar-refractivity contribution < 1.29 is 14.7 Å². The van der Waals surface area contributed by atoms with Crippen LogP contribution < -0.4 is 5.32 Å². The van der Waals surface area contributed by atoms with Crippen LogP contribution in [0, 0.1) is 11.3 Å². The quantitative estimate of drug-likeness (QED) is 0.769. The molecule has 4 nitrogen and oxygen atoms in total. The molecule has 1 atom stereocenters. The van der Waals surface area contributed by atoms with Crippen molar-refractivity contribution in [1.82, 2.24) is 5.32 Å². The summed E-state index contributed by atoms with van der Waals surface area (Å²) in [4.78, 5) is 22.7. The van der Waals surface area contributed by atoms with Crippen molar-refractivity contribution in [3.63, 3.8) is 0 Å². The normalized spacial score (nSPS) is 18.7. The van der Waals surface area contributed by atoms with Gasteiger partial charge in [0.15, 0.2) is 0 Å². The van der Waals surface area contributed by atoms with Gasteiger partial charge >= 0.3 is 5.97 Å². The third-order valence-corrected chi connectivity index (χ3v) is 3.12. The Morgan fingerprint density at radius 2 is 1.94 bits per heavy atom. The number of amides is 1. The topological polar surface area (TPSA) is 66.4 Å². The Labute approximate surface area is 96.4 Å². The monoisotopic (exact) mass is 227 g/mol. The molecule has 92 valence electrons. The molecule has 1 amide bonds. The number of carboxylic acid groups (broad SMARTS) is 1. The van der Waals surface area contributed by atoms with E-state index >= 15 is 0 Å². The standard InChI is InChI=1S/C12H21NO3/c1-12(2,3)10(11(15)16)13-9(14)7-8-5-4-6-8/h8,10H,4-7H2,1-3H3,(H,13,14)(H,15,16)/t10-/m0/s1. The van der Waals surface area contributed by atoms with Gasteiger partial charge in [-0.15, -0.1) is 0 Å². The summed E-state index contributed by atoms with van der Waals surface area (Å²) in [5.74, 6) is -0.629. The van der Waals surface area contributed by atoms with Crippen LogP contribution in [-0.2, 0) is 9.59 Å². The molecule has 4 heteroatoms. The van der Waals surface area contributed by atoms with Crippen molar-refractivity contribution in [1.29, 1.82) is 0 Å². The van der Waals surface area contributed by atoms with Gasteiger partial charge in [0, 0.05) is 6.42 Å². The van der Waals surface area contributed by atoms with E-state index in [0.29, 0.717) is 12.3 Å². The zero-order valence-electron chi connectivity index (χ0n) is 10.2. The molecule has 1 aliphatic rings. The number of carboxylic acids is 1. The van der Waals surface area contributed by atoms with Crippen LogP contribution in [0.3, 0.4) is 0 Å². The first-order chi connectivity index (χ1) is 7.30. The largest absolute Gasteiger partial charge is 0.480 e. The Balaban J connectivity index is 2.47. The molecule has 0 saturated heterocycles. The number of carbonyl (C=O) groups is 2. The first kappa shape index (κ1) is 13.0. The Morgan fingerprint density at radius 1 is 1.38 bits per heavy atom. The van der Waals surface area contributed by atoms with E-state index in [2.05, 4.69) is 5.32 Å². The summed E-state index contributed by atoms with van der Waals surface area (Å²) >= 11 is 0. The number of carbonyl (C=O) groups excluding carboxylic acids is 1. The molecule has 0 aliphatic heterocycles. The van der Waals surface area contributed by atoms with Gasteiger partial charge in [-0.3, -0.25) is 4.79 Å². The molecule has 1 aliphatic carbocycles. The lowest BCUT2D eigenvalue weighted by Gasteiger charge is -2.30. The van der Waals surface area contributed by atoms with Crippen molar-refractivity contribution >= 4 is 11.9 Å². The molecule has 2 N–H and O–H groups in total. The van der Waals surface area contributed by atoms with Gasteiger partial charge in [0.05, 0.1) is 0 Å². The molecule has 0 spiro atoms. The summed E-state index contributed by atoms with van der Waals surface area (Å²) in [6, 6.07) is -0.805. The molecular formula is C12H21NO3. The smallest absolute Gasteiger partial charge is 0.326 e. The van der Waals surface area contributed by atoms with E-state index in [1.54, 1.807) is 0 Å². The maximum absolute atomic E-state index is 11.6. The molecule has 0 unspecified atom stereocenters. The van der Waals surface area contributed by atoms with Gasteiger partial charge in [-0.2, -0.15) is 0 Å². The molecule has 1 rings (SSSR count). The van der Waals surface area contributed by atoms with Gasteiger partial charge in [0.2, 0.25) is 5.91 Å². The van der Waals surface area contributed by atoms with E-state index in [0.717, 1.165) is 12.8 Å². The lowest BCUT2D eigenvalue weighted by atomic mass is 9.82. The van der Waals surface area contributed by atoms with E-state index in [9.17, 15) is 9.59 Å². The highest BCUT2D eigenvalue weighted by Gasteiger charge is 2.33. The third-order valence-electron chi connectivity index (χ3n) is 3.12. The van der Waals surface area contributed by atoms with Gasteiger partial charge < -0.3 is 10.4 Å². The fourth-order valence-electron chi connectivity index (χ4n) is 1.83. The highest BCUT2D eigenvalue weighted by Crippen LogP contribution is 2.29. The van der Waals surface area contributed by atoms with E-state index < -0.39 is 17.4 Å². The lowest BCUT2D eigenvalue weighted by molar-refractivity contribution is -0.145. The average Bonchev–Trinajstić information content (AvgIpc) is 2.05. The molecule has 0 aromatic heterocycles. The number of nitrogens with one attached hydrogen (secondary N) is 1. The summed E-state index contributed by atoms with van der Waals surface area (Å²) in [6.45, 7) is 5.44. The van der Waals surface area contributed by atoms with Crippen LogP contribution in [0.4, 0.5) is 0 Å². The summed E-state index contributed by atoms with van der Waals surface area (Å²) < 4.78 is 0. The molecule has 0 radical (unpaired) electrons. The molecular weight excluding hydrogens is 206 g/mol. The minimum Gasteiger partial charge on any atom is -0.480 e. The Kier molecular flexibility index (Phi) is 3.94. The van der Waals surface area contributed by atoms with Crippen molar-refractivity contribution in [3.8, 4) is 0 Å². The molecule has 0 aromatic carbocycles. The first-order valence-corrected chi connectivity index (χ1v) is 5.83. The number of hydrogen-bond donors (Lipinski definition) is 2. The molecule has 0 heterocycles. The van der Waals surface area contributed by atoms with E-state index in [4.69, 9.17) is 5.11 Å². The average molecular weight is 227 g/mol. The summed E-state index contributed by atoms with van der Waals surface area (Å²) in [6.07, 6.45) is 3.86. The molecule has 1 saturated carbocycles. The molecule has 1 fully saturated rings. The van der Waals surface area contributed by atoms with Crippen molar-refractivity contribution in [3.05, 3.63) is 0 Å². The van der Waals surface area contributed by atoms with Crippen LogP contribution in [0.25, 0.3) is 0 Å². The van der Waals surface area contributed by atoms with Gasteiger partial charge in [-0.1, -0.05) is 27.2 Å². The summed E-state index contributed by atoms with van der Waals surface area (Å²) in [5.41, 5.74) is -0.457. The predicted molar refractivity (Wildman–Crippen MR) is 61.0 cm³/mol. The van der Waals surface area contributed by atoms with Crippen molar-refractivity contribution in [2.24, 2.45) is 11.3 Å². The van der Waals surface area contributed by atoms with Crippen LogP contribution in [0.2, 0.25) is 0 Å². The molecule has 0 aromatic rings. The van der Waals surface area contributed by atoms with Crippen LogP contribution in [0.1, 0.15) is 46.5 Å². The maximum Gasteiger partial charge on any atom is 0.326 e. The second-order valence-electron chi connectivity index (χ2n) is 5.71. The van der Waals surface area contributed by atoms with E-state index in [-0.39, 0.29) is 5.91 Å². The highest BCUT2D eigenvalue weighted by atomic mass is 16.4. The van der Waals surface area contributed by atoms with Crippen LogP contribution in [-0.4, -0.2) is 23.0 Å². The zero-order chi connectivity index (χ0) is 12.3. The lowest BCUT2D eigenvalue weighted by Crippen LogP contribution is -2.49. The third kappa shape index (κ3) is 3.51. The fourth-order valence-corrected chi connectivity index (χ4v) is 1.83. The van der Waals surface area contributed by atoms with Gasteiger partial charge in [-0.05, 0) is 24.2 Å².